The maximum Gasteiger partial charge on any atom is 0.306 e. The van der Waals surface area contributed by atoms with Gasteiger partial charge in [0.05, 0.1) is 12.5 Å². The highest BCUT2D eigenvalue weighted by atomic mass is 79.9. The number of halogens is 1. The number of likely N-dealkylation sites (tertiary alicyclic amines) is 1. The lowest BCUT2D eigenvalue weighted by Crippen LogP contribution is -2.38. The average molecular weight is 370 g/mol. The second-order valence-electron chi connectivity index (χ2n) is 5.69. The Morgan fingerprint density at radius 2 is 2.09 bits per heavy atom. The summed E-state index contributed by atoms with van der Waals surface area (Å²) in [6.07, 6.45) is 2.43. The van der Waals surface area contributed by atoms with Gasteiger partial charge in [-0.15, -0.1) is 0 Å². The number of ether oxygens (including phenoxy) is 1. The fraction of sp³-hybridized carbons (Fsp3) is 0.588. The highest BCUT2D eigenvalue weighted by Crippen LogP contribution is 2.36. The zero-order chi connectivity index (χ0) is 16.1. The molecule has 0 bridgehead atoms. The van der Waals surface area contributed by atoms with Gasteiger partial charge in [0.1, 0.15) is 5.75 Å². The zero-order valence-corrected chi connectivity index (χ0v) is 14.8. The molecule has 0 amide bonds. The summed E-state index contributed by atoms with van der Waals surface area (Å²) in [6.45, 7) is 6.46. The van der Waals surface area contributed by atoms with Crippen LogP contribution < -0.4 is 4.74 Å². The predicted octanol–water partition coefficient (Wildman–Crippen LogP) is 4.10. The maximum atomic E-state index is 11.1. The molecule has 0 saturated carbocycles. The van der Waals surface area contributed by atoms with Gasteiger partial charge in [-0.1, -0.05) is 22.9 Å². The first-order chi connectivity index (χ1) is 10.6. The molecular formula is C17H24BrNO3. The molecule has 1 aromatic carbocycles. The second kappa shape index (κ2) is 7.97. The molecular weight excluding hydrogens is 346 g/mol. The van der Waals surface area contributed by atoms with Gasteiger partial charge in [-0.25, -0.2) is 0 Å². The molecule has 122 valence electrons. The minimum atomic E-state index is -0.662. The van der Waals surface area contributed by atoms with Crippen molar-refractivity contribution >= 4 is 21.9 Å². The van der Waals surface area contributed by atoms with E-state index in [2.05, 4.69) is 33.8 Å². The summed E-state index contributed by atoms with van der Waals surface area (Å²) in [5, 5.41) is 9.14. The van der Waals surface area contributed by atoms with Gasteiger partial charge in [-0.3, -0.25) is 9.69 Å². The fourth-order valence-corrected chi connectivity index (χ4v) is 3.58. The van der Waals surface area contributed by atoms with E-state index in [4.69, 9.17) is 9.84 Å². The van der Waals surface area contributed by atoms with Crippen LogP contribution in [0.2, 0.25) is 0 Å². The molecule has 22 heavy (non-hydrogen) atoms. The van der Waals surface area contributed by atoms with Crippen LogP contribution in [0.25, 0.3) is 0 Å². The van der Waals surface area contributed by atoms with E-state index in [0.717, 1.165) is 42.6 Å². The third kappa shape index (κ3) is 4.02. The van der Waals surface area contributed by atoms with Crippen LogP contribution in [0.15, 0.2) is 22.7 Å². The lowest BCUT2D eigenvalue weighted by molar-refractivity contribution is -0.143. The first kappa shape index (κ1) is 17.3. The SMILES string of the molecule is CCOc1ccc(Br)cc1C(CC)N1CCC(C(=O)O)CC1. The largest absolute Gasteiger partial charge is 0.494 e. The van der Waals surface area contributed by atoms with Gasteiger partial charge in [-0.05, 0) is 57.5 Å². The molecule has 1 saturated heterocycles. The lowest BCUT2D eigenvalue weighted by atomic mass is 9.93. The highest BCUT2D eigenvalue weighted by molar-refractivity contribution is 9.10. The van der Waals surface area contributed by atoms with Crippen molar-refractivity contribution in [3.8, 4) is 5.75 Å². The highest BCUT2D eigenvalue weighted by Gasteiger charge is 2.29. The molecule has 1 atom stereocenters. The summed E-state index contributed by atoms with van der Waals surface area (Å²) in [5.74, 6) is 0.0747. The van der Waals surface area contributed by atoms with Crippen molar-refractivity contribution in [1.82, 2.24) is 4.90 Å². The van der Waals surface area contributed by atoms with E-state index in [1.54, 1.807) is 0 Å². The Morgan fingerprint density at radius 3 is 2.64 bits per heavy atom. The van der Waals surface area contributed by atoms with E-state index in [1.165, 1.54) is 5.56 Å². The molecule has 0 spiro atoms. The van der Waals surface area contributed by atoms with Crippen molar-refractivity contribution in [3.05, 3.63) is 28.2 Å². The number of carbonyl (C=O) groups is 1. The Labute approximate surface area is 140 Å². The third-order valence-electron chi connectivity index (χ3n) is 4.34. The Hall–Kier alpha value is -1.07. The Balaban J connectivity index is 2.18. The summed E-state index contributed by atoms with van der Waals surface area (Å²) >= 11 is 3.55. The van der Waals surface area contributed by atoms with E-state index in [1.807, 2.05) is 19.1 Å². The molecule has 1 heterocycles. The van der Waals surface area contributed by atoms with E-state index in [9.17, 15) is 4.79 Å². The standard InChI is InChI=1S/C17H24BrNO3/c1-3-15(19-9-7-12(8-10-19)17(20)21)14-11-13(18)5-6-16(14)22-4-2/h5-6,11-12,15H,3-4,7-10H2,1-2H3,(H,20,21). The minimum absolute atomic E-state index is 0.192. The Bertz CT molecular complexity index is 513. The van der Waals surface area contributed by atoms with Crippen LogP contribution >= 0.6 is 15.9 Å². The molecule has 1 aromatic rings. The number of nitrogens with zero attached hydrogens (tertiary/aromatic N) is 1. The van der Waals surface area contributed by atoms with Crippen LogP contribution in [-0.4, -0.2) is 35.7 Å². The van der Waals surface area contributed by atoms with Crippen molar-refractivity contribution in [3.63, 3.8) is 0 Å². The topological polar surface area (TPSA) is 49.8 Å². The van der Waals surface area contributed by atoms with E-state index >= 15 is 0 Å². The van der Waals surface area contributed by atoms with Crippen molar-refractivity contribution in [1.29, 1.82) is 0 Å². The summed E-state index contributed by atoms with van der Waals surface area (Å²) in [5.41, 5.74) is 1.19. The number of hydrogen-bond acceptors (Lipinski definition) is 3. The third-order valence-corrected chi connectivity index (χ3v) is 4.83. The summed E-state index contributed by atoms with van der Waals surface area (Å²) in [7, 11) is 0. The van der Waals surface area contributed by atoms with Crippen molar-refractivity contribution in [2.75, 3.05) is 19.7 Å². The van der Waals surface area contributed by atoms with Gasteiger partial charge in [0.25, 0.3) is 0 Å². The van der Waals surface area contributed by atoms with Crippen LogP contribution in [0.3, 0.4) is 0 Å². The molecule has 1 N–H and O–H groups in total. The molecule has 0 aromatic heterocycles. The summed E-state index contributed by atoms with van der Waals surface area (Å²) in [6, 6.07) is 6.41. The zero-order valence-electron chi connectivity index (χ0n) is 13.2. The number of piperidine rings is 1. The van der Waals surface area contributed by atoms with E-state index in [-0.39, 0.29) is 12.0 Å². The fourth-order valence-electron chi connectivity index (χ4n) is 3.20. The number of rotatable bonds is 6. The van der Waals surface area contributed by atoms with Crippen LogP contribution in [0.5, 0.6) is 5.75 Å². The van der Waals surface area contributed by atoms with Gasteiger partial charge < -0.3 is 9.84 Å². The smallest absolute Gasteiger partial charge is 0.306 e. The molecule has 4 nitrogen and oxygen atoms in total. The quantitative estimate of drug-likeness (QED) is 0.819. The van der Waals surface area contributed by atoms with Crippen molar-refractivity contribution in [2.45, 2.75) is 39.2 Å². The molecule has 1 aliphatic heterocycles. The van der Waals surface area contributed by atoms with Gasteiger partial charge in [0.2, 0.25) is 0 Å². The monoisotopic (exact) mass is 369 g/mol. The molecule has 5 heteroatoms. The predicted molar refractivity (Wildman–Crippen MR) is 90.3 cm³/mol. The first-order valence-corrected chi connectivity index (χ1v) is 8.75. The minimum Gasteiger partial charge on any atom is -0.494 e. The Kier molecular flexibility index (Phi) is 6.26. The number of carboxylic acids is 1. The maximum absolute atomic E-state index is 11.1. The Morgan fingerprint density at radius 1 is 1.41 bits per heavy atom. The molecule has 2 rings (SSSR count). The number of carboxylic acid groups (broad SMARTS) is 1. The summed E-state index contributed by atoms with van der Waals surface area (Å²) < 4.78 is 6.83. The van der Waals surface area contributed by atoms with Gasteiger partial charge in [-0.2, -0.15) is 0 Å². The molecule has 0 radical (unpaired) electrons. The summed E-state index contributed by atoms with van der Waals surface area (Å²) in [4.78, 5) is 13.5. The van der Waals surface area contributed by atoms with E-state index < -0.39 is 5.97 Å². The second-order valence-corrected chi connectivity index (χ2v) is 6.60. The van der Waals surface area contributed by atoms with Gasteiger partial charge >= 0.3 is 5.97 Å². The van der Waals surface area contributed by atoms with Crippen LogP contribution in [0.1, 0.15) is 44.7 Å². The molecule has 0 aliphatic carbocycles. The van der Waals surface area contributed by atoms with E-state index in [0.29, 0.717) is 6.61 Å². The van der Waals surface area contributed by atoms with Crippen LogP contribution in [-0.2, 0) is 4.79 Å². The van der Waals surface area contributed by atoms with Crippen LogP contribution in [0, 0.1) is 5.92 Å². The normalized spacial score (nSPS) is 18.1. The van der Waals surface area contributed by atoms with Crippen molar-refractivity contribution < 1.29 is 14.6 Å². The molecule has 1 unspecified atom stereocenters. The molecule has 1 fully saturated rings. The van der Waals surface area contributed by atoms with Crippen LogP contribution in [0.4, 0.5) is 0 Å². The van der Waals surface area contributed by atoms with Gasteiger partial charge in [0, 0.05) is 16.1 Å². The average Bonchev–Trinajstić information content (AvgIpc) is 2.51. The first-order valence-electron chi connectivity index (χ1n) is 7.95. The molecule has 1 aliphatic rings. The number of benzene rings is 1. The van der Waals surface area contributed by atoms with Crippen molar-refractivity contribution in [2.24, 2.45) is 5.92 Å². The van der Waals surface area contributed by atoms with Gasteiger partial charge in [0.15, 0.2) is 0 Å². The number of hydrogen-bond donors (Lipinski definition) is 1. The lowest BCUT2D eigenvalue weighted by Gasteiger charge is -2.37. The number of aliphatic carboxylic acids is 1.